The first-order chi connectivity index (χ1) is 5.76. The lowest BCUT2D eigenvalue weighted by Crippen LogP contribution is -2.23. The molecule has 0 amide bonds. The van der Waals surface area contributed by atoms with Crippen LogP contribution in [0, 0.1) is 5.92 Å². The van der Waals surface area contributed by atoms with Gasteiger partial charge in [0.05, 0.1) is 6.10 Å². The van der Waals surface area contributed by atoms with E-state index in [2.05, 4.69) is 13.5 Å². The fraction of sp³-hybridized carbons (Fsp3) is 0.818. The highest BCUT2D eigenvalue weighted by Gasteiger charge is 2.19. The van der Waals surface area contributed by atoms with Gasteiger partial charge in [0.1, 0.15) is 0 Å². The van der Waals surface area contributed by atoms with E-state index in [1.807, 2.05) is 14.0 Å². The Balaban J connectivity index is 0. The van der Waals surface area contributed by atoms with Crippen molar-refractivity contribution in [1.29, 1.82) is 0 Å². The van der Waals surface area contributed by atoms with Gasteiger partial charge in [-0.05, 0) is 25.7 Å². The minimum absolute atomic E-state index is 0. The highest BCUT2D eigenvalue weighted by Crippen LogP contribution is 2.25. The third-order valence-corrected chi connectivity index (χ3v) is 2.34. The number of ether oxygens (including phenoxy) is 1. The molecule has 0 spiro atoms. The fourth-order valence-corrected chi connectivity index (χ4v) is 1.63. The van der Waals surface area contributed by atoms with E-state index in [4.69, 9.17) is 4.74 Å². The van der Waals surface area contributed by atoms with Gasteiger partial charge >= 0.3 is 0 Å². The molecule has 12 heavy (non-hydrogen) atoms. The summed E-state index contributed by atoms with van der Waals surface area (Å²) in [4.78, 5) is 0. The fourth-order valence-electron chi connectivity index (χ4n) is 1.63. The van der Waals surface area contributed by atoms with Crippen molar-refractivity contribution in [3.63, 3.8) is 0 Å². The lowest BCUT2D eigenvalue weighted by Gasteiger charge is -2.26. The second-order valence-corrected chi connectivity index (χ2v) is 3.44. The molecule has 0 saturated heterocycles. The predicted octanol–water partition coefficient (Wildman–Crippen LogP) is 3.65. The van der Waals surface area contributed by atoms with Crippen molar-refractivity contribution in [3.8, 4) is 0 Å². The summed E-state index contributed by atoms with van der Waals surface area (Å²) in [5.41, 5.74) is 0. The molecule has 0 aromatic carbocycles. The summed E-state index contributed by atoms with van der Waals surface area (Å²) in [5.74, 6) is 0.795. The van der Waals surface area contributed by atoms with Gasteiger partial charge in [0.25, 0.3) is 0 Å². The highest BCUT2D eigenvalue weighted by molar-refractivity contribution is 4.71. The van der Waals surface area contributed by atoms with Gasteiger partial charge in [-0.3, -0.25) is 0 Å². The van der Waals surface area contributed by atoms with E-state index in [9.17, 15) is 0 Å². The highest BCUT2D eigenvalue weighted by atomic mass is 16.5. The summed E-state index contributed by atoms with van der Waals surface area (Å²) < 4.78 is 5.30. The molecule has 2 atom stereocenters. The minimum Gasteiger partial charge on any atom is -0.381 e. The molecule has 1 rings (SSSR count). The molecule has 1 nitrogen and oxygen atoms in total. The maximum Gasteiger partial charge on any atom is 0.0596 e. The van der Waals surface area contributed by atoms with Crippen molar-refractivity contribution >= 4 is 0 Å². The number of hydrogen-bond donors (Lipinski definition) is 0. The van der Waals surface area contributed by atoms with Crippen LogP contribution in [0.5, 0.6) is 0 Å². The largest absolute Gasteiger partial charge is 0.381 e. The van der Waals surface area contributed by atoms with E-state index in [-0.39, 0.29) is 1.43 Å². The lowest BCUT2D eigenvalue weighted by molar-refractivity contribution is 0.0310. The third-order valence-electron chi connectivity index (χ3n) is 2.34. The van der Waals surface area contributed by atoms with E-state index < -0.39 is 0 Å². The molecule has 0 heterocycles. The summed E-state index contributed by atoms with van der Waals surface area (Å²) in [6.45, 7) is 7.54. The topological polar surface area (TPSA) is 9.23 Å². The number of rotatable bonds is 1. The van der Waals surface area contributed by atoms with Crippen molar-refractivity contribution in [3.05, 3.63) is 12.7 Å². The minimum atomic E-state index is 0. The number of allylic oxidation sites excluding steroid dienone is 1. The zero-order chi connectivity index (χ0) is 9.40. The van der Waals surface area contributed by atoms with Crippen LogP contribution < -0.4 is 0 Å². The van der Waals surface area contributed by atoms with Crippen molar-refractivity contribution in [2.75, 3.05) is 7.11 Å². The van der Waals surface area contributed by atoms with Crippen LogP contribution in [0.25, 0.3) is 0 Å². The van der Waals surface area contributed by atoms with Crippen molar-refractivity contribution < 1.29 is 6.16 Å². The Morgan fingerprint density at radius 3 is 2.25 bits per heavy atom. The Morgan fingerprint density at radius 2 is 1.92 bits per heavy atom. The second-order valence-electron chi connectivity index (χ2n) is 3.44. The summed E-state index contributed by atoms with van der Waals surface area (Å²) in [5, 5.41) is 0. The van der Waals surface area contributed by atoms with Crippen LogP contribution in [0.3, 0.4) is 0 Å². The summed E-state index contributed by atoms with van der Waals surface area (Å²) in [6, 6.07) is 0. The molecule has 74 valence electrons. The monoisotopic (exact) mass is 172 g/mol. The molecule has 0 aromatic rings. The zero-order valence-corrected chi connectivity index (χ0v) is 8.68. The summed E-state index contributed by atoms with van der Waals surface area (Å²) >= 11 is 0. The third kappa shape index (κ3) is 4.55. The van der Waals surface area contributed by atoms with Crippen LogP contribution in [-0.4, -0.2) is 13.2 Å². The van der Waals surface area contributed by atoms with E-state index in [0.29, 0.717) is 6.10 Å². The molecule has 0 aliphatic heterocycles. The number of hydrogen-bond acceptors (Lipinski definition) is 1. The summed E-state index contributed by atoms with van der Waals surface area (Å²) in [6.07, 6.45) is 7.71. The molecule has 1 heteroatoms. The van der Waals surface area contributed by atoms with Crippen molar-refractivity contribution in [1.82, 2.24) is 0 Å². The molecule has 0 aromatic heterocycles. The first kappa shape index (κ1) is 11.7. The van der Waals surface area contributed by atoms with E-state index in [0.717, 1.165) is 5.92 Å². The van der Waals surface area contributed by atoms with Gasteiger partial charge in [-0.1, -0.05) is 25.8 Å². The quantitative estimate of drug-likeness (QED) is 0.549. The summed E-state index contributed by atoms with van der Waals surface area (Å²) in [7, 11) is 1.83. The molecule has 1 aliphatic rings. The van der Waals surface area contributed by atoms with Crippen LogP contribution in [0.1, 0.15) is 41.0 Å². The molecule has 1 fully saturated rings. The van der Waals surface area contributed by atoms with Crippen LogP contribution in [0.15, 0.2) is 12.7 Å². The Morgan fingerprint density at radius 1 is 1.42 bits per heavy atom. The Labute approximate surface area is 78.3 Å². The van der Waals surface area contributed by atoms with E-state index in [1.54, 1.807) is 6.08 Å². The standard InChI is InChI=1S/C8H16O.C3H6.H2/c1-7-5-3-4-6-8(7)9-2;1-3-2;/h7-8H,3-6H2,1-2H3;3H,1H2,2H3;1H. The Bertz CT molecular complexity index is 115. The van der Waals surface area contributed by atoms with E-state index >= 15 is 0 Å². The maximum absolute atomic E-state index is 5.30. The van der Waals surface area contributed by atoms with Gasteiger partial charge < -0.3 is 4.74 Å². The molecule has 0 radical (unpaired) electrons. The molecule has 0 bridgehead atoms. The molecule has 1 aliphatic carbocycles. The number of methoxy groups -OCH3 is 1. The van der Waals surface area contributed by atoms with Gasteiger partial charge in [0.15, 0.2) is 0 Å². The molecular formula is C11H24O. The average Bonchev–Trinajstić information content (AvgIpc) is 2.07. The van der Waals surface area contributed by atoms with Crippen LogP contribution in [0.4, 0.5) is 0 Å². The lowest BCUT2D eigenvalue weighted by atomic mass is 9.88. The SMILES string of the molecule is C=CC.COC1CCCCC1C.[HH]. The van der Waals surface area contributed by atoms with Crippen LogP contribution >= 0.6 is 0 Å². The van der Waals surface area contributed by atoms with Crippen molar-refractivity contribution in [2.45, 2.75) is 45.6 Å². The van der Waals surface area contributed by atoms with E-state index in [1.165, 1.54) is 25.7 Å². The normalized spacial score (nSPS) is 28.6. The molecule has 0 N–H and O–H groups in total. The van der Waals surface area contributed by atoms with Gasteiger partial charge in [0, 0.05) is 8.54 Å². The smallest absolute Gasteiger partial charge is 0.0596 e. The van der Waals surface area contributed by atoms with Gasteiger partial charge in [-0.2, -0.15) is 0 Å². The van der Waals surface area contributed by atoms with Crippen molar-refractivity contribution in [2.24, 2.45) is 5.92 Å². The van der Waals surface area contributed by atoms with Gasteiger partial charge in [-0.15, -0.1) is 6.58 Å². The van der Waals surface area contributed by atoms with Gasteiger partial charge in [-0.25, -0.2) is 0 Å². The van der Waals surface area contributed by atoms with Crippen LogP contribution in [-0.2, 0) is 4.74 Å². The average molecular weight is 172 g/mol. The Kier molecular flexibility index (Phi) is 7.17. The Hall–Kier alpha value is -0.300. The van der Waals surface area contributed by atoms with Gasteiger partial charge in [0.2, 0.25) is 0 Å². The molecule has 2 unspecified atom stereocenters. The van der Waals surface area contributed by atoms with Crippen LogP contribution in [0.2, 0.25) is 0 Å². The second kappa shape index (κ2) is 7.35. The zero-order valence-electron chi connectivity index (χ0n) is 8.68. The molecular weight excluding hydrogens is 148 g/mol. The predicted molar refractivity (Wildman–Crippen MR) is 56.4 cm³/mol. The molecule has 1 saturated carbocycles. The first-order valence-electron chi connectivity index (χ1n) is 4.86. The first-order valence-corrected chi connectivity index (χ1v) is 4.86. The maximum atomic E-state index is 5.30.